The molecule has 1 aromatic carbocycles. The smallest absolute Gasteiger partial charge is 0.431 e. The van der Waals surface area contributed by atoms with Crippen molar-refractivity contribution in [1.29, 1.82) is 0 Å². The molecule has 2 fully saturated rings. The number of benzene rings is 1. The standard InChI is InChI=1S/C20H22N2O8/c23-17-6-5-16(21-9-13-3-1-2-4-15(13)18(21)24)19(25)22(17)12-30-20(26)29-11-14-10-27-7-8-28-14/h1-4,14,16H,5-12H2. The van der Waals surface area contributed by atoms with Crippen molar-refractivity contribution in [2.75, 3.05) is 33.2 Å². The minimum atomic E-state index is -1.02. The first-order valence-corrected chi connectivity index (χ1v) is 9.76. The van der Waals surface area contributed by atoms with Crippen LogP contribution in [0.2, 0.25) is 0 Å². The molecule has 10 heteroatoms. The van der Waals surface area contributed by atoms with E-state index >= 15 is 0 Å². The summed E-state index contributed by atoms with van der Waals surface area (Å²) in [5.74, 6) is -1.27. The molecule has 2 atom stereocenters. The van der Waals surface area contributed by atoms with Gasteiger partial charge in [0, 0.05) is 18.5 Å². The third kappa shape index (κ3) is 4.14. The van der Waals surface area contributed by atoms with Gasteiger partial charge in [0.25, 0.3) is 11.8 Å². The van der Waals surface area contributed by atoms with Crippen molar-refractivity contribution in [2.45, 2.75) is 31.5 Å². The molecule has 0 saturated carbocycles. The SMILES string of the molecule is O=C(OCC1COCCO1)OCN1C(=O)CCC(N2Cc3ccccc3C2=O)C1=O. The van der Waals surface area contributed by atoms with E-state index in [-0.39, 0.29) is 31.5 Å². The molecule has 3 aliphatic rings. The molecule has 2 unspecified atom stereocenters. The van der Waals surface area contributed by atoms with Crippen LogP contribution in [0.1, 0.15) is 28.8 Å². The van der Waals surface area contributed by atoms with Gasteiger partial charge in [-0.2, -0.15) is 0 Å². The molecule has 0 spiro atoms. The lowest BCUT2D eigenvalue weighted by atomic mass is 10.0. The largest absolute Gasteiger partial charge is 0.510 e. The Hall–Kier alpha value is -2.98. The Morgan fingerprint density at radius 2 is 1.97 bits per heavy atom. The number of hydrogen-bond acceptors (Lipinski definition) is 8. The van der Waals surface area contributed by atoms with Gasteiger partial charge in [-0.1, -0.05) is 18.2 Å². The lowest BCUT2D eigenvalue weighted by Gasteiger charge is -2.34. The van der Waals surface area contributed by atoms with E-state index in [1.54, 1.807) is 12.1 Å². The molecule has 160 valence electrons. The molecule has 30 heavy (non-hydrogen) atoms. The first kappa shape index (κ1) is 20.3. The number of amides is 3. The molecular weight excluding hydrogens is 396 g/mol. The Morgan fingerprint density at radius 1 is 1.13 bits per heavy atom. The Kier molecular flexibility index (Phi) is 5.96. The summed E-state index contributed by atoms with van der Waals surface area (Å²) in [6, 6.07) is 6.37. The molecule has 0 aromatic heterocycles. The van der Waals surface area contributed by atoms with E-state index in [0.717, 1.165) is 10.5 Å². The number of fused-ring (bicyclic) bond motifs is 1. The predicted octanol–water partition coefficient (Wildman–Crippen LogP) is 0.686. The quantitative estimate of drug-likeness (QED) is 0.507. The van der Waals surface area contributed by atoms with Crippen LogP contribution in [0.5, 0.6) is 0 Å². The molecule has 0 radical (unpaired) electrons. The average Bonchev–Trinajstić information content (AvgIpc) is 3.09. The van der Waals surface area contributed by atoms with E-state index in [4.69, 9.17) is 18.9 Å². The van der Waals surface area contributed by atoms with E-state index in [9.17, 15) is 19.2 Å². The highest BCUT2D eigenvalue weighted by atomic mass is 16.7. The highest BCUT2D eigenvalue weighted by Crippen LogP contribution is 2.28. The number of carbonyl (C=O) groups excluding carboxylic acids is 4. The number of ether oxygens (including phenoxy) is 4. The van der Waals surface area contributed by atoms with Crippen LogP contribution in [0.4, 0.5) is 4.79 Å². The summed E-state index contributed by atoms with van der Waals surface area (Å²) in [5.41, 5.74) is 1.40. The van der Waals surface area contributed by atoms with E-state index in [0.29, 0.717) is 31.9 Å². The summed E-state index contributed by atoms with van der Waals surface area (Å²) in [6.07, 6.45) is -1.09. The summed E-state index contributed by atoms with van der Waals surface area (Å²) in [5, 5.41) is 0. The summed E-state index contributed by atoms with van der Waals surface area (Å²) in [7, 11) is 0. The third-order valence-electron chi connectivity index (χ3n) is 5.29. The maximum Gasteiger partial charge on any atom is 0.510 e. The number of likely N-dealkylation sites (tertiary alicyclic amines) is 1. The van der Waals surface area contributed by atoms with Gasteiger partial charge in [-0.15, -0.1) is 0 Å². The second-order valence-electron chi connectivity index (χ2n) is 7.21. The van der Waals surface area contributed by atoms with Crippen LogP contribution >= 0.6 is 0 Å². The van der Waals surface area contributed by atoms with Gasteiger partial charge in [-0.3, -0.25) is 14.4 Å². The zero-order valence-electron chi connectivity index (χ0n) is 16.3. The monoisotopic (exact) mass is 418 g/mol. The number of rotatable bonds is 5. The van der Waals surface area contributed by atoms with Crippen LogP contribution < -0.4 is 0 Å². The minimum Gasteiger partial charge on any atom is -0.431 e. The predicted molar refractivity (Wildman–Crippen MR) is 99.0 cm³/mol. The van der Waals surface area contributed by atoms with Gasteiger partial charge in [-0.05, 0) is 18.1 Å². The van der Waals surface area contributed by atoms with Crippen molar-refractivity contribution >= 4 is 23.9 Å². The highest BCUT2D eigenvalue weighted by Gasteiger charge is 2.43. The molecule has 3 aliphatic heterocycles. The Balaban J connectivity index is 1.32. The lowest BCUT2D eigenvalue weighted by molar-refractivity contribution is -0.157. The van der Waals surface area contributed by atoms with Crippen LogP contribution in [0.3, 0.4) is 0 Å². The van der Waals surface area contributed by atoms with Crippen molar-refractivity contribution < 1.29 is 38.1 Å². The van der Waals surface area contributed by atoms with Gasteiger partial charge in [0.2, 0.25) is 5.91 Å². The van der Waals surface area contributed by atoms with Crippen molar-refractivity contribution in [3.63, 3.8) is 0 Å². The zero-order valence-corrected chi connectivity index (χ0v) is 16.3. The van der Waals surface area contributed by atoms with Crippen molar-refractivity contribution in [3.05, 3.63) is 35.4 Å². The fourth-order valence-electron chi connectivity index (χ4n) is 3.73. The van der Waals surface area contributed by atoms with Gasteiger partial charge in [0.05, 0.1) is 19.8 Å². The first-order valence-electron chi connectivity index (χ1n) is 9.76. The highest BCUT2D eigenvalue weighted by molar-refractivity contribution is 6.05. The topological polar surface area (TPSA) is 112 Å². The van der Waals surface area contributed by atoms with E-state index in [1.807, 2.05) is 12.1 Å². The molecule has 2 saturated heterocycles. The molecule has 4 rings (SSSR count). The normalized spacial score (nSPS) is 24.1. The number of hydrogen-bond donors (Lipinski definition) is 0. The van der Waals surface area contributed by atoms with Crippen molar-refractivity contribution in [1.82, 2.24) is 9.80 Å². The number of nitrogens with zero attached hydrogens (tertiary/aromatic N) is 2. The van der Waals surface area contributed by atoms with E-state index < -0.39 is 30.7 Å². The Morgan fingerprint density at radius 3 is 2.73 bits per heavy atom. The molecular formula is C20H22N2O8. The summed E-state index contributed by atoms with van der Waals surface area (Å²) in [6.45, 7) is 0.907. The van der Waals surface area contributed by atoms with E-state index in [2.05, 4.69) is 0 Å². The van der Waals surface area contributed by atoms with E-state index in [1.165, 1.54) is 4.90 Å². The second-order valence-corrected chi connectivity index (χ2v) is 7.21. The summed E-state index contributed by atoms with van der Waals surface area (Å²) >= 11 is 0. The summed E-state index contributed by atoms with van der Waals surface area (Å²) in [4.78, 5) is 51.9. The van der Waals surface area contributed by atoms with Crippen LogP contribution in [-0.2, 0) is 35.1 Å². The van der Waals surface area contributed by atoms with Gasteiger partial charge >= 0.3 is 6.16 Å². The first-order chi connectivity index (χ1) is 14.5. The molecule has 0 bridgehead atoms. The van der Waals surface area contributed by atoms with Gasteiger partial charge < -0.3 is 23.8 Å². The van der Waals surface area contributed by atoms with Crippen molar-refractivity contribution in [2.24, 2.45) is 0 Å². The fourth-order valence-corrected chi connectivity index (χ4v) is 3.73. The number of imide groups is 1. The van der Waals surface area contributed by atoms with Gasteiger partial charge in [0.1, 0.15) is 18.8 Å². The molecule has 3 amide bonds. The van der Waals surface area contributed by atoms with Gasteiger partial charge in [-0.25, -0.2) is 9.69 Å². The lowest BCUT2D eigenvalue weighted by Crippen LogP contribution is -2.55. The maximum atomic E-state index is 12.9. The Labute approximate surface area is 172 Å². The average molecular weight is 418 g/mol. The minimum absolute atomic E-state index is 0.0517. The van der Waals surface area contributed by atoms with Crippen LogP contribution in [0.15, 0.2) is 24.3 Å². The van der Waals surface area contributed by atoms with Crippen LogP contribution in [0.25, 0.3) is 0 Å². The molecule has 3 heterocycles. The molecule has 10 nitrogen and oxygen atoms in total. The van der Waals surface area contributed by atoms with Crippen LogP contribution in [-0.4, -0.2) is 79.0 Å². The second kappa shape index (κ2) is 8.80. The number of carbonyl (C=O) groups is 4. The van der Waals surface area contributed by atoms with Crippen molar-refractivity contribution in [3.8, 4) is 0 Å². The Bertz CT molecular complexity index is 851. The maximum absolute atomic E-state index is 12.9. The fraction of sp³-hybridized carbons (Fsp3) is 0.500. The van der Waals surface area contributed by atoms with Crippen LogP contribution in [0, 0.1) is 0 Å². The van der Waals surface area contributed by atoms with Gasteiger partial charge in [0.15, 0.2) is 6.73 Å². The number of piperidine rings is 1. The molecule has 0 N–H and O–H groups in total. The third-order valence-corrected chi connectivity index (χ3v) is 5.29. The molecule has 0 aliphatic carbocycles. The molecule has 1 aromatic rings. The summed E-state index contributed by atoms with van der Waals surface area (Å²) < 4.78 is 20.4. The zero-order chi connectivity index (χ0) is 21.1.